The molecule has 1 N–H and O–H groups in total. The van der Waals surface area contributed by atoms with E-state index in [9.17, 15) is 5.11 Å². The van der Waals surface area contributed by atoms with Gasteiger partial charge in [-0.1, -0.05) is 197 Å². The van der Waals surface area contributed by atoms with E-state index >= 15 is 0 Å². The first-order valence-corrected chi connectivity index (χ1v) is 23.6. The molecule has 0 bridgehead atoms. The number of fused-ring (bicyclic) bond motifs is 1. The van der Waals surface area contributed by atoms with E-state index in [0.29, 0.717) is 11.4 Å². The molecule has 0 saturated carbocycles. The largest absolute Gasteiger partial charge is 0.507 e. The lowest BCUT2D eigenvalue weighted by molar-refractivity contribution is 0.446. The van der Waals surface area contributed by atoms with Crippen molar-refractivity contribution in [1.29, 1.82) is 0 Å². The summed E-state index contributed by atoms with van der Waals surface area (Å²) in [5, 5.41) is 12.6. The van der Waals surface area contributed by atoms with Gasteiger partial charge in [-0.3, -0.25) is 9.55 Å². The number of hydrogen-bond donors (Lipinski definition) is 1. The monoisotopic (exact) mass is 877 g/mol. The second-order valence-corrected chi connectivity index (χ2v) is 21.8. The molecule has 2 aromatic heterocycles. The SMILES string of the molecule is CC(C)(C)c1cc(-c2cc(-c3ccccc3)ccn2)cc(-c2cccc3c2nc(-c2cc(C(C)(C)C)cc(C(C)(C)C)c2O)n3-c2ccc(C(C)(C)c3ccccc3)cc2-c2ccccc2)c1. The molecule has 0 aliphatic carbocycles. The first-order valence-electron chi connectivity index (χ1n) is 23.6. The third kappa shape index (κ3) is 8.74. The van der Waals surface area contributed by atoms with Crippen LogP contribution in [0.5, 0.6) is 5.75 Å². The average molecular weight is 878 g/mol. The van der Waals surface area contributed by atoms with E-state index in [0.717, 1.165) is 72.5 Å². The zero-order valence-corrected chi connectivity index (χ0v) is 41.0. The summed E-state index contributed by atoms with van der Waals surface area (Å²) in [6.45, 7) is 24.6. The van der Waals surface area contributed by atoms with Crippen LogP contribution in [0.1, 0.15) is 104 Å². The van der Waals surface area contributed by atoms with E-state index in [4.69, 9.17) is 9.97 Å². The molecule has 336 valence electrons. The normalized spacial score (nSPS) is 12.5. The Hall–Kier alpha value is -7.04. The van der Waals surface area contributed by atoms with Crippen molar-refractivity contribution in [2.24, 2.45) is 0 Å². The van der Waals surface area contributed by atoms with Crippen LogP contribution >= 0.6 is 0 Å². The van der Waals surface area contributed by atoms with E-state index < -0.39 is 0 Å². The lowest BCUT2D eigenvalue weighted by Crippen LogP contribution is -2.19. The highest BCUT2D eigenvalue weighted by molar-refractivity contribution is 5.98. The number of aromatic hydroxyl groups is 1. The fraction of sp³-hybridized carbons (Fsp3) is 0.238. The van der Waals surface area contributed by atoms with Gasteiger partial charge >= 0.3 is 0 Å². The Morgan fingerprint density at radius 3 is 1.66 bits per heavy atom. The van der Waals surface area contributed by atoms with E-state index in [2.05, 4.69) is 245 Å². The van der Waals surface area contributed by atoms with Crippen LogP contribution in [0.2, 0.25) is 0 Å². The van der Waals surface area contributed by atoms with Gasteiger partial charge in [-0.15, -0.1) is 0 Å². The lowest BCUT2D eigenvalue weighted by atomic mass is 9.77. The van der Waals surface area contributed by atoms with Crippen LogP contribution in [0.15, 0.2) is 176 Å². The Kier molecular flexibility index (Phi) is 11.4. The summed E-state index contributed by atoms with van der Waals surface area (Å²) in [5.41, 5.74) is 16.7. The highest BCUT2D eigenvalue weighted by atomic mass is 16.3. The van der Waals surface area contributed by atoms with Gasteiger partial charge in [0.2, 0.25) is 0 Å². The van der Waals surface area contributed by atoms with Crippen LogP contribution < -0.4 is 0 Å². The summed E-state index contributed by atoms with van der Waals surface area (Å²) < 4.78 is 2.30. The molecule has 0 aliphatic heterocycles. The van der Waals surface area contributed by atoms with Crippen LogP contribution in [-0.2, 0) is 21.7 Å². The van der Waals surface area contributed by atoms with Crippen molar-refractivity contribution in [2.75, 3.05) is 0 Å². The summed E-state index contributed by atoms with van der Waals surface area (Å²) in [7, 11) is 0. The third-order valence-electron chi connectivity index (χ3n) is 13.5. The van der Waals surface area contributed by atoms with Crippen LogP contribution in [0.4, 0.5) is 0 Å². The van der Waals surface area contributed by atoms with Crippen molar-refractivity contribution in [3.05, 3.63) is 204 Å². The first kappa shape index (κ1) is 45.1. The zero-order chi connectivity index (χ0) is 47.5. The van der Waals surface area contributed by atoms with E-state index in [-0.39, 0.29) is 27.4 Å². The maximum atomic E-state index is 12.6. The number of aromatic nitrogens is 3. The Bertz CT molecular complexity index is 3250. The maximum Gasteiger partial charge on any atom is 0.149 e. The van der Waals surface area contributed by atoms with Crippen molar-refractivity contribution in [3.8, 4) is 67.5 Å². The molecule has 0 amide bonds. The van der Waals surface area contributed by atoms with E-state index in [1.807, 2.05) is 12.3 Å². The molecule has 0 aliphatic rings. The number of phenols is 1. The van der Waals surface area contributed by atoms with Gasteiger partial charge in [0.25, 0.3) is 0 Å². The molecule has 2 heterocycles. The van der Waals surface area contributed by atoms with Crippen molar-refractivity contribution >= 4 is 11.0 Å². The molecule has 9 aromatic rings. The summed E-state index contributed by atoms with van der Waals surface area (Å²) in [5.74, 6) is 0.941. The van der Waals surface area contributed by atoms with Gasteiger partial charge in [0.05, 0.1) is 28.0 Å². The number of phenolic OH excluding ortho intramolecular Hbond substituents is 1. The Balaban J connectivity index is 1.36. The number of pyridine rings is 1. The highest BCUT2D eigenvalue weighted by Gasteiger charge is 2.31. The highest BCUT2D eigenvalue weighted by Crippen LogP contribution is 2.47. The minimum Gasteiger partial charge on any atom is -0.507 e. The summed E-state index contributed by atoms with van der Waals surface area (Å²) >= 11 is 0. The van der Waals surface area contributed by atoms with Crippen LogP contribution in [0, 0.1) is 0 Å². The minimum absolute atomic E-state index is 0.150. The standard InChI is InChI=1S/C63H63N3O/c1-60(2,3)48-35-44(34-45(36-48)54-37-43(32-33-64-54)41-22-15-12-16-23-41)50-28-21-29-56-57(50)65-59(52-39-49(61(4,5)6)40-53(58(52)67)62(7,8)9)66(56)55-31-30-47(38-51(55)42-24-17-13-18-25-42)63(10,11)46-26-19-14-20-27-46/h12-40,67H,1-11H3. The van der Waals surface area contributed by atoms with Crippen LogP contribution in [0.3, 0.4) is 0 Å². The summed E-state index contributed by atoms with van der Waals surface area (Å²) in [6.07, 6.45) is 1.91. The Labute approximate surface area is 398 Å². The first-order chi connectivity index (χ1) is 31.8. The molecule has 0 unspecified atom stereocenters. The van der Waals surface area contributed by atoms with Gasteiger partial charge in [-0.25, -0.2) is 4.98 Å². The summed E-state index contributed by atoms with van der Waals surface area (Å²) in [4.78, 5) is 10.7. The van der Waals surface area contributed by atoms with Gasteiger partial charge in [0, 0.05) is 33.9 Å². The maximum absolute atomic E-state index is 12.6. The number of imidazole rings is 1. The fourth-order valence-corrected chi connectivity index (χ4v) is 9.32. The molecule has 0 radical (unpaired) electrons. The molecular weight excluding hydrogens is 815 g/mol. The molecule has 67 heavy (non-hydrogen) atoms. The van der Waals surface area contributed by atoms with Crippen molar-refractivity contribution in [2.45, 2.75) is 97.8 Å². The van der Waals surface area contributed by atoms with Gasteiger partial charge < -0.3 is 5.11 Å². The molecule has 0 fully saturated rings. The number of nitrogens with zero attached hydrogens (tertiary/aromatic N) is 3. The number of rotatable bonds is 8. The van der Waals surface area contributed by atoms with Gasteiger partial charge in [-0.2, -0.15) is 0 Å². The van der Waals surface area contributed by atoms with Crippen LogP contribution in [-0.4, -0.2) is 19.6 Å². The number of hydrogen-bond acceptors (Lipinski definition) is 3. The Morgan fingerprint density at radius 1 is 0.418 bits per heavy atom. The number of benzene rings is 7. The molecule has 0 saturated heterocycles. The van der Waals surface area contributed by atoms with E-state index in [1.54, 1.807) is 0 Å². The van der Waals surface area contributed by atoms with Crippen molar-refractivity contribution in [1.82, 2.24) is 14.5 Å². The molecule has 4 nitrogen and oxygen atoms in total. The fourth-order valence-electron chi connectivity index (χ4n) is 9.32. The second-order valence-electron chi connectivity index (χ2n) is 21.8. The predicted molar refractivity (Wildman–Crippen MR) is 282 cm³/mol. The van der Waals surface area contributed by atoms with Gasteiger partial charge in [0.15, 0.2) is 0 Å². The Morgan fingerprint density at radius 2 is 1.01 bits per heavy atom. The number of para-hydroxylation sites is 1. The van der Waals surface area contributed by atoms with Crippen molar-refractivity contribution in [3.63, 3.8) is 0 Å². The average Bonchev–Trinajstić information content (AvgIpc) is 3.70. The quantitative estimate of drug-likeness (QED) is 0.165. The third-order valence-corrected chi connectivity index (χ3v) is 13.5. The summed E-state index contributed by atoms with van der Waals surface area (Å²) in [6, 6.07) is 60.8. The molecule has 0 spiro atoms. The predicted octanol–water partition coefficient (Wildman–Crippen LogP) is 16.7. The smallest absolute Gasteiger partial charge is 0.149 e. The lowest BCUT2D eigenvalue weighted by Gasteiger charge is -2.28. The molecule has 9 rings (SSSR count). The van der Waals surface area contributed by atoms with E-state index in [1.165, 1.54) is 16.7 Å². The van der Waals surface area contributed by atoms with Gasteiger partial charge in [0.1, 0.15) is 11.6 Å². The van der Waals surface area contributed by atoms with Gasteiger partial charge in [-0.05, 0) is 109 Å². The molecular formula is C63H63N3O. The minimum atomic E-state index is -0.336. The molecule has 4 heteroatoms. The zero-order valence-electron chi connectivity index (χ0n) is 41.0. The molecule has 7 aromatic carbocycles. The topological polar surface area (TPSA) is 50.9 Å². The van der Waals surface area contributed by atoms with Crippen molar-refractivity contribution < 1.29 is 5.11 Å². The van der Waals surface area contributed by atoms with Crippen LogP contribution in [0.25, 0.3) is 72.7 Å². The second kappa shape index (κ2) is 17.0. The molecule has 0 atom stereocenters.